The normalized spacial score (nSPS) is 12.1. The molecular weight excluding hydrogens is 242 g/mol. The van der Waals surface area contributed by atoms with E-state index in [-0.39, 0.29) is 6.23 Å². The Bertz CT molecular complexity index is 231. The van der Waals surface area contributed by atoms with Crippen LogP contribution in [0.25, 0.3) is 10.4 Å². The number of hydrogen-bond donors (Lipinski definition) is 0. The molecule has 0 amide bonds. The largest absolute Gasteiger partial charge is 0.385 e. The molecule has 0 aromatic heterocycles. The topological polar surface area (TPSA) is 67.2 Å². The van der Waals surface area contributed by atoms with Crippen molar-refractivity contribution in [2.24, 2.45) is 5.11 Å². The fraction of sp³-hybridized carbons (Fsp3) is 1.00. The van der Waals surface area contributed by atoms with Crippen LogP contribution in [0.3, 0.4) is 0 Å². The SMILES string of the molecule is COCCCCCCCCCCCC(N=[N+]=[N-])OC. The third kappa shape index (κ3) is 13.5. The molecule has 0 fully saturated rings. The van der Waals surface area contributed by atoms with Crippen LogP contribution in [0.15, 0.2) is 5.11 Å². The highest BCUT2D eigenvalue weighted by Crippen LogP contribution is 2.12. The lowest BCUT2D eigenvalue weighted by Crippen LogP contribution is -2.05. The maximum absolute atomic E-state index is 8.32. The summed E-state index contributed by atoms with van der Waals surface area (Å²) in [7, 11) is 3.35. The second-order valence-electron chi connectivity index (χ2n) is 4.86. The zero-order valence-electron chi connectivity index (χ0n) is 12.5. The van der Waals surface area contributed by atoms with Crippen LogP contribution in [-0.2, 0) is 9.47 Å². The van der Waals surface area contributed by atoms with Gasteiger partial charge in [-0.1, -0.05) is 56.5 Å². The molecule has 0 spiro atoms. The standard InChI is InChI=1S/C14H29N3O2/c1-18-13-11-9-7-5-3-4-6-8-10-12-14(19-2)16-17-15/h14H,3-13H2,1-2H3. The van der Waals surface area contributed by atoms with Gasteiger partial charge in [-0.05, 0) is 18.4 Å². The van der Waals surface area contributed by atoms with Crippen LogP contribution in [0.5, 0.6) is 0 Å². The monoisotopic (exact) mass is 271 g/mol. The molecule has 0 radical (unpaired) electrons. The van der Waals surface area contributed by atoms with Gasteiger partial charge in [0.2, 0.25) is 0 Å². The Balaban J connectivity index is 3.16. The van der Waals surface area contributed by atoms with Crippen LogP contribution < -0.4 is 0 Å². The van der Waals surface area contributed by atoms with Crippen LogP contribution in [0.1, 0.15) is 64.2 Å². The molecule has 19 heavy (non-hydrogen) atoms. The van der Waals surface area contributed by atoms with Gasteiger partial charge in [0.15, 0.2) is 0 Å². The minimum atomic E-state index is -0.286. The van der Waals surface area contributed by atoms with Gasteiger partial charge in [-0.2, -0.15) is 0 Å². The average molecular weight is 271 g/mol. The van der Waals surface area contributed by atoms with Gasteiger partial charge in [0, 0.05) is 25.7 Å². The van der Waals surface area contributed by atoms with Crippen LogP contribution in [0.4, 0.5) is 0 Å². The maximum Gasteiger partial charge on any atom is 0.136 e. The van der Waals surface area contributed by atoms with Gasteiger partial charge in [0.1, 0.15) is 6.23 Å². The first-order chi connectivity index (χ1) is 9.35. The highest BCUT2D eigenvalue weighted by Gasteiger charge is 2.02. The molecule has 1 unspecified atom stereocenters. The van der Waals surface area contributed by atoms with E-state index in [4.69, 9.17) is 15.0 Å². The Hall–Kier alpha value is -0.770. The van der Waals surface area contributed by atoms with Crippen molar-refractivity contribution in [3.8, 4) is 0 Å². The van der Waals surface area contributed by atoms with Crippen LogP contribution in [0.2, 0.25) is 0 Å². The first-order valence-corrected chi connectivity index (χ1v) is 7.41. The van der Waals surface area contributed by atoms with E-state index in [0.717, 1.165) is 19.4 Å². The molecule has 0 aliphatic heterocycles. The van der Waals surface area contributed by atoms with Gasteiger partial charge < -0.3 is 9.47 Å². The first kappa shape index (κ1) is 18.2. The van der Waals surface area contributed by atoms with Gasteiger partial charge in [0.25, 0.3) is 0 Å². The molecule has 0 rings (SSSR count). The van der Waals surface area contributed by atoms with E-state index in [2.05, 4.69) is 10.0 Å². The van der Waals surface area contributed by atoms with Gasteiger partial charge in [-0.25, -0.2) is 0 Å². The third-order valence-electron chi connectivity index (χ3n) is 3.25. The molecular formula is C14H29N3O2. The van der Waals surface area contributed by atoms with E-state index in [1.165, 1.54) is 51.4 Å². The summed E-state index contributed by atoms with van der Waals surface area (Å²) in [6.07, 6.45) is 11.9. The number of hydrogen-bond acceptors (Lipinski definition) is 3. The number of ether oxygens (including phenoxy) is 2. The molecule has 0 aliphatic rings. The van der Waals surface area contributed by atoms with Gasteiger partial charge in [-0.3, -0.25) is 0 Å². The third-order valence-corrected chi connectivity index (χ3v) is 3.25. The van der Waals surface area contributed by atoms with Crippen molar-refractivity contribution in [2.45, 2.75) is 70.4 Å². The molecule has 0 aromatic rings. The summed E-state index contributed by atoms with van der Waals surface area (Å²) in [4.78, 5) is 2.77. The molecule has 0 saturated heterocycles. The highest BCUT2D eigenvalue weighted by molar-refractivity contribution is 4.56. The Morgan fingerprint density at radius 1 is 0.895 bits per heavy atom. The molecule has 0 aliphatic carbocycles. The molecule has 5 nitrogen and oxygen atoms in total. The van der Waals surface area contributed by atoms with Gasteiger partial charge in [0.05, 0.1) is 0 Å². The average Bonchev–Trinajstić information content (AvgIpc) is 2.43. The van der Waals surface area contributed by atoms with E-state index in [1.54, 1.807) is 14.2 Å². The van der Waals surface area contributed by atoms with Crippen LogP contribution >= 0.6 is 0 Å². The lowest BCUT2D eigenvalue weighted by Gasteiger charge is -2.08. The van der Waals surface area contributed by atoms with Crippen molar-refractivity contribution in [1.82, 2.24) is 0 Å². The van der Waals surface area contributed by atoms with Crippen LogP contribution in [-0.4, -0.2) is 27.1 Å². The summed E-state index contributed by atoms with van der Waals surface area (Å²) in [5, 5.41) is 3.57. The van der Waals surface area contributed by atoms with Crippen molar-refractivity contribution in [1.29, 1.82) is 0 Å². The summed E-state index contributed by atoms with van der Waals surface area (Å²) >= 11 is 0. The molecule has 0 N–H and O–H groups in total. The summed E-state index contributed by atoms with van der Waals surface area (Å²) in [6, 6.07) is 0. The number of azide groups is 1. The van der Waals surface area contributed by atoms with Crippen molar-refractivity contribution >= 4 is 0 Å². The number of unbranched alkanes of at least 4 members (excludes halogenated alkanes) is 8. The van der Waals surface area contributed by atoms with Crippen molar-refractivity contribution < 1.29 is 9.47 Å². The van der Waals surface area contributed by atoms with E-state index in [0.29, 0.717) is 0 Å². The number of nitrogens with zero attached hydrogens (tertiary/aromatic N) is 3. The van der Waals surface area contributed by atoms with E-state index >= 15 is 0 Å². The summed E-state index contributed by atoms with van der Waals surface area (Å²) < 4.78 is 10.1. The lowest BCUT2D eigenvalue weighted by molar-refractivity contribution is 0.0986. The Morgan fingerprint density at radius 2 is 1.42 bits per heavy atom. The summed E-state index contributed by atoms with van der Waals surface area (Å²) in [5.74, 6) is 0. The minimum absolute atomic E-state index is 0.286. The van der Waals surface area contributed by atoms with Crippen LogP contribution in [0, 0.1) is 0 Å². The zero-order chi connectivity index (χ0) is 14.2. The molecule has 0 saturated carbocycles. The molecule has 112 valence electrons. The van der Waals surface area contributed by atoms with Gasteiger partial charge in [-0.15, -0.1) is 0 Å². The molecule has 0 aromatic carbocycles. The predicted molar refractivity (Wildman–Crippen MR) is 78.0 cm³/mol. The lowest BCUT2D eigenvalue weighted by atomic mass is 10.1. The zero-order valence-corrected chi connectivity index (χ0v) is 12.5. The summed E-state index contributed by atoms with van der Waals surface area (Å²) in [6.45, 7) is 0.895. The quantitative estimate of drug-likeness (QED) is 0.197. The molecule has 1 atom stereocenters. The fourth-order valence-corrected chi connectivity index (χ4v) is 2.08. The fourth-order valence-electron chi connectivity index (χ4n) is 2.08. The van der Waals surface area contributed by atoms with E-state index < -0.39 is 0 Å². The Labute approximate surface area is 117 Å². The number of rotatable bonds is 14. The second-order valence-corrected chi connectivity index (χ2v) is 4.86. The number of methoxy groups -OCH3 is 2. The first-order valence-electron chi connectivity index (χ1n) is 7.41. The van der Waals surface area contributed by atoms with Crippen molar-refractivity contribution in [2.75, 3.05) is 20.8 Å². The van der Waals surface area contributed by atoms with E-state index in [9.17, 15) is 0 Å². The predicted octanol–water partition coefficient (Wildman–Crippen LogP) is 4.82. The highest BCUT2D eigenvalue weighted by atomic mass is 16.5. The maximum atomic E-state index is 8.32. The second kappa shape index (κ2) is 15.3. The van der Waals surface area contributed by atoms with Crippen molar-refractivity contribution in [3.63, 3.8) is 0 Å². The Morgan fingerprint density at radius 3 is 1.89 bits per heavy atom. The molecule has 0 bridgehead atoms. The Kier molecular flexibility index (Phi) is 14.7. The smallest absolute Gasteiger partial charge is 0.136 e. The molecule has 0 heterocycles. The van der Waals surface area contributed by atoms with E-state index in [1.807, 2.05) is 0 Å². The molecule has 5 heteroatoms. The van der Waals surface area contributed by atoms with Crippen molar-refractivity contribution in [3.05, 3.63) is 10.4 Å². The summed E-state index contributed by atoms with van der Waals surface area (Å²) in [5.41, 5.74) is 8.32. The minimum Gasteiger partial charge on any atom is -0.385 e. The van der Waals surface area contributed by atoms with Gasteiger partial charge >= 0.3 is 0 Å².